The van der Waals surface area contributed by atoms with E-state index in [1.54, 1.807) is 11.6 Å². The van der Waals surface area contributed by atoms with Crippen molar-refractivity contribution in [2.24, 2.45) is 11.8 Å². The molecule has 1 amide bonds. The summed E-state index contributed by atoms with van der Waals surface area (Å²) >= 11 is 0. The van der Waals surface area contributed by atoms with Crippen LogP contribution in [0.25, 0.3) is 5.78 Å². The monoisotopic (exact) mass is 428 g/mol. The standard InChI is InChI=1S/C21H24N6O2.ClH/c1-12-8-13(2)27-21(23-12)24-19(25-27)20(28)26-11-15-9-22-10-17(15)18(26)14-4-6-16(29-3)7-5-14;/h4-8,15,17-18,22H,9-11H2,1-3H3;1H/t15-,17-,18+;/m0./s1. The minimum atomic E-state index is -0.136. The predicted octanol–water partition coefficient (Wildman–Crippen LogP) is 2.20. The van der Waals surface area contributed by atoms with Gasteiger partial charge in [-0.05, 0) is 43.5 Å². The lowest BCUT2D eigenvalue weighted by molar-refractivity contribution is 0.0702. The molecular weight excluding hydrogens is 404 g/mol. The van der Waals surface area contributed by atoms with Gasteiger partial charge in [0.2, 0.25) is 5.82 Å². The van der Waals surface area contributed by atoms with E-state index in [-0.39, 0.29) is 30.2 Å². The molecule has 0 radical (unpaired) electrons. The first kappa shape index (κ1) is 20.6. The fraction of sp³-hybridized carbons (Fsp3) is 0.429. The lowest BCUT2D eigenvalue weighted by Gasteiger charge is -2.27. The van der Waals surface area contributed by atoms with Crippen LogP contribution >= 0.6 is 12.4 Å². The maximum absolute atomic E-state index is 13.5. The molecule has 1 N–H and O–H groups in total. The topological polar surface area (TPSA) is 84.6 Å². The number of ether oxygens (including phenoxy) is 1. The molecule has 3 atom stereocenters. The van der Waals surface area contributed by atoms with Crippen molar-refractivity contribution in [3.63, 3.8) is 0 Å². The fourth-order valence-electron chi connectivity index (χ4n) is 4.74. The van der Waals surface area contributed by atoms with Crippen LogP contribution < -0.4 is 10.1 Å². The van der Waals surface area contributed by atoms with Gasteiger partial charge in [0.15, 0.2) is 0 Å². The molecule has 30 heavy (non-hydrogen) atoms. The Morgan fingerprint density at radius 3 is 2.67 bits per heavy atom. The number of benzene rings is 1. The summed E-state index contributed by atoms with van der Waals surface area (Å²) in [7, 11) is 1.66. The van der Waals surface area contributed by atoms with Gasteiger partial charge in [-0.1, -0.05) is 12.1 Å². The Kier molecular flexibility index (Phi) is 5.38. The van der Waals surface area contributed by atoms with Crippen LogP contribution in [-0.2, 0) is 0 Å². The van der Waals surface area contributed by atoms with Gasteiger partial charge < -0.3 is 15.0 Å². The van der Waals surface area contributed by atoms with Crippen LogP contribution in [0.4, 0.5) is 0 Å². The molecule has 0 unspecified atom stereocenters. The highest BCUT2D eigenvalue weighted by Gasteiger charge is 2.47. The highest BCUT2D eigenvalue weighted by molar-refractivity contribution is 5.91. The van der Waals surface area contributed by atoms with Crippen molar-refractivity contribution in [1.29, 1.82) is 0 Å². The largest absolute Gasteiger partial charge is 0.497 e. The molecule has 0 bridgehead atoms. The summed E-state index contributed by atoms with van der Waals surface area (Å²) in [6.07, 6.45) is 0. The number of nitrogens with one attached hydrogen (secondary N) is 1. The molecule has 0 aliphatic carbocycles. The number of nitrogens with zero attached hydrogens (tertiary/aromatic N) is 5. The number of aromatic nitrogens is 4. The quantitative estimate of drug-likeness (QED) is 0.688. The second-order valence-corrected chi connectivity index (χ2v) is 7.94. The summed E-state index contributed by atoms with van der Waals surface area (Å²) in [5.74, 6) is 2.16. The van der Waals surface area contributed by atoms with Crippen molar-refractivity contribution in [2.45, 2.75) is 19.9 Å². The first-order chi connectivity index (χ1) is 14.0. The summed E-state index contributed by atoms with van der Waals surface area (Å²) in [5.41, 5.74) is 2.89. The minimum Gasteiger partial charge on any atom is -0.497 e. The molecule has 158 valence electrons. The summed E-state index contributed by atoms with van der Waals surface area (Å²) in [5, 5.41) is 7.94. The van der Waals surface area contributed by atoms with Gasteiger partial charge in [-0.25, -0.2) is 9.50 Å². The molecule has 4 heterocycles. The van der Waals surface area contributed by atoms with Gasteiger partial charge in [0, 0.05) is 36.9 Å². The van der Waals surface area contributed by atoms with Crippen LogP contribution in [0.5, 0.6) is 5.75 Å². The Morgan fingerprint density at radius 1 is 1.17 bits per heavy atom. The number of aryl methyl sites for hydroxylation is 2. The number of rotatable bonds is 3. The average molecular weight is 429 g/mol. The maximum atomic E-state index is 13.5. The lowest BCUT2D eigenvalue weighted by Crippen LogP contribution is -2.35. The van der Waals surface area contributed by atoms with E-state index < -0.39 is 0 Å². The van der Waals surface area contributed by atoms with E-state index in [1.807, 2.05) is 36.9 Å². The number of amides is 1. The van der Waals surface area contributed by atoms with Crippen LogP contribution in [-0.4, -0.2) is 57.1 Å². The zero-order valence-electron chi connectivity index (χ0n) is 17.2. The number of methoxy groups -OCH3 is 1. The number of hydrogen-bond donors (Lipinski definition) is 1. The van der Waals surface area contributed by atoms with Crippen molar-refractivity contribution < 1.29 is 9.53 Å². The van der Waals surface area contributed by atoms with Gasteiger partial charge in [0.25, 0.3) is 11.7 Å². The first-order valence-corrected chi connectivity index (χ1v) is 9.92. The van der Waals surface area contributed by atoms with Crippen LogP contribution in [0, 0.1) is 25.7 Å². The summed E-state index contributed by atoms with van der Waals surface area (Å²) < 4.78 is 6.93. The second-order valence-electron chi connectivity index (χ2n) is 7.94. The van der Waals surface area contributed by atoms with Gasteiger partial charge in [-0.3, -0.25) is 4.79 Å². The fourth-order valence-corrected chi connectivity index (χ4v) is 4.74. The third kappa shape index (κ3) is 3.30. The maximum Gasteiger partial charge on any atom is 0.294 e. The lowest BCUT2D eigenvalue weighted by atomic mass is 9.89. The van der Waals surface area contributed by atoms with Crippen molar-refractivity contribution in [3.05, 3.63) is 53.1 Å². The van der Waals surface area contributed by atoms with Gasteiger partial charge in [0.1, 0.15) is 5.75 Å². The molecule has 2 aliphatic heterocycles. The number of hydrogen-bond acceptors (Lipinski definition) is 6. The Hall–Kier alpha value is -2.71. The Bertz CT molecular complexity index is 1080. The molecule has 0 spiro atoms. The molecule has 5 rings (SSSR count). The number of carbonyl (C=O) groups excluding carboxylic acids is 1. The molecule has 2 aromatic heterocycles. The van der Waals surface area contributed by atoms with Gasteiger partial charge in [-0.2, -0.15) is 4.98 Å². The summed E-state index contributed by atoms with van der Waals surface area (Å²) in [6.45, 7) is 6.39. The zero-order valence-corrected chi connectivity index (χ0v) is 18.0. The third-order valence-corrected chi connectivity index (χ3v) is 6.09. The van der Waals surface area contributed by atoms with E-state index in [0.717, 1.165) is 35.8 Å². The number of halogens is 1. The molecule has 9 heteroatoms. The highest BCUT2D eigenvalue weighted by atomic mass is 35.5. The molecule has 1 aromatic carbocycles. The van der Waals surface area contributed by atoms with Crippen LogP contribution in [0.15, 0.2) is 30.3 Å². The molecular formula is C21H25ClN6O2. The molecule has 2 aliphatic rings. The molecule has 3 aromatic rings. The van der Waals surface area contributed by atoms with E-state index in [4.69, 9.17) is 4.74 Å². The Balaban J connectivity index is 0.00000218. The van der Waals surface area contributed by atoms with E-state index in [1.165, 1.54) is 0 Å². The zero-order chi connectivity index (χ0) is 20.1. The van der Waals surface area contributed by atoms with Crippen LogP contribution in [0.3, 0.4) is 0 Å². The third-order valence-electron chi connectivity index (χ3n) is 6.09. The van der Waals surface area contributed by atoms with E-state index >= 15 is 0 Å². The molecule has 2 fully saturated rings. The van der Waals surface area contributed by atoms with E-state index in [0.29, 0.717) is 24.2 Å². The Morgan fingerprint density at radius 2 is 1.93 bits per heavy atom. The normalized spacial score (nSPS) is 22.8. The van der Waals surface area contributed by atoms with Gasteiger partial charge in [0.05, 0.1) is 13.2 Å². The summed E-state index contributed by atoms with van der Waals surface area (Å²) in [4.78, 5) is 24.3. The highest BCUT2D eigenvalue weighted by Crippen LogP contribution is 2.43. The second kappa shape index (κ2) is 7.85. The summed E-state index contributed by atoms with van der Waals surface area (Å²) in [6, 6.07) is 9.94. The number of likely N-dealkylation sites (tertiary alicyclic amines) is 1. The average Bonchev–Trinajstić information content (AvgIpc) is 3.41. The molecule has 2 saturated heterocycles. The van der Waals surface area contributed by atoms with Crippen molar-refractivity contribution in [3.8, 4) is 5.75 Å². The van der Waals surface area contributed by atoms with Crippen molar-refractivity contribution in [2.75, 3.05) is 26.7 Å². The van der Waals surface area contributed by atoms with Gasteiger partial charge >= 0.3 is 0 Å². The van der Waals surface area contributed by atoms with E-state index in [2.05, 4.69) is 32.5 Å². The minimum absolute atomic E-state index is 0. The smallest absolute Gasteiger partial charge is 0.294 e. The molecule has 8 nitrogen and oxygen atoms in total. The first-order valence-electron chi connectivity index (χ1n) is 9.92. The van der Waals surface area contributed by atoms with Crippen molar-refractivity contribution >= 4 is 24.1 Å². The number of carbonyl (C=O) groups is 1. The van der Waals surface area contributed by atoms with Gasteiger partial charge in [-0.15, -0.1) is 17.5 Å². The number of fused-ring (bicyclic) bond motifs is 2. The molecule has 0 saturated carbocycles. The van der Waals surface area contributed by atoms with E-state index in [9.17, 15) is 4.79 Å². The van der Waals surface area contributed by atoms with Crippen LogP contribution in [0.1, 0.15) is 33.6 Å². The SMILES string of the molecule is COc1ccc([C@@H]2[C@H]3CNC[C@H]3CN2C(=O)c2nc3nc(C)cc(C)n3n2)cc1.Cl. The van der Waals surface area contributed by atoms with Crippen LogP contribution in [0.2, 0.25) is 0 Å². The Labute approximate surface area is 181 Å². The predicted molar refractivity (Wildman–Crippen MR) is 114 cm³/mol. The van der Waals surface area contributed by atoms with Crippen molar-refractivity contribution in [1.82, 2.24) is 29.8 Å².